The summed E-state index contributed by atoms with van der Waals surface area (Å²) in [6.07, 6.45) is 1.83. The Kier molecular flexibility index (Phi) is 7.19. The Hall–Kier alpha value is -0.250. The lowest BCUT2D eigenvalue weighted by Gasteiger charge is -2.30. The van der Waals surface area contributed by atoms with E-state index in [1.807, 2.05) is 4.90 Å². The number of hydrogen-bond acceptors (Lipinski definition) is 1. The first kappa shape index (κ1) is 16.8. The smallest absolute Gasteiger partial charge is 0.257 e. The second kappa shape index (κ2) is 8.13. The molecule has 0 radical (unpaired) electrons. The molecular formula is C14H18BrCl2NO. The first-order valence-corrected chi connectivity index (χ1v) is 8.25. The van der Waals surface area contributed by atoms with Crippen molar-refractivity contribution < 1.29 is 4.79 Å². The predicted octanol–water partition coefficient (Wildman–Crippen LogP) is 5.02. The van der Waals surface area contributed by atoms with Gasteiger partial charge in [-0.15, -0.1) is 0 Å². The average Bonchev–Trinajstić information content (AvgIpc) is 2.38. The van der Waals surface area contributed by atoms with E-state index in [4.69, 9.17) is 23.2 Å². The van der Waals surface area contributed by atoms with Crippen LogP contribution in [0, 0.1) is 0 Å². The first-order valence-electron chi connectivity index (χ1n) is 6.37. The molecule has 5 heteroatoms. The molecule has 0 fully saturated rings. The Morgan fingerprint density at radius 1 is 1.26 bits per heavy atom. The van der Waals surface area contributed by atoms with Crippen LogP contribution >= 0.6 is 39.1 Å². The second-order valence-electron chi connectivity index (χ2n) is 4.25. The molecule has 1 aromatic rings. The summed E-state index contributed by atoms with van der Waals surface area (Å²) in [6.45, 7) is 4.81. The molecule has 1 aromatic carbocycles. The molecule has 2 nitrogen and oxygen atoms in total. The van der Waals surface area contributed by atoms with Gasteiger partial charge in [-0.2, -0.15) is 0 Å². The Morgan fingerprint density at radius 2 is 1.79 bits per heavy atom. The molecule has 0 aromatic heterocycles. The molecule has 0 saturated carbocycles. The molecule has 0 bridgehead atoms. The standard InChI is InChI=1S/C14H18BrCl2NO/c1-3-10(4-2)18(9-8-15)14(19)13-11(16)6-5-7-12(13)17/h5-7,10H,3-4,8-9H2,1-2H3. The third-order valence-corrected chi connectivity index (χ3v) is 4.13. The number of rotatable bonds is 6. The van der Waals surface area contributed by atoms with Crippen LogP contribution in [0.2, 0.25) is 10.0 Å². The summed E-state index contributed by atoms with van der Waals surface area (Å²) in [4.78, 5) is 14.5. The summed E-state index contributed by atoms with van der Waals surface area (Å²) in [5.41, 5.74) is 0.402. The normalized spacial score (nSPS) is 10.8. The molecule has 0 unspecified atom stereocenters. The highest BCUT2D eigenvalue weighted by Crippen LogP contribution is 2.27. The molecule has 1 amide bonds. The van der Waals surface area contributed by atoms with Crippen molar-refractivity contribution in [1.29, 1.82) is 0 Å². The maximum atomic E-state index is 12.7. The van der Waals surface area contributed by atoms with Gasteiger partial charge in [0.05, 0.1) is 15.6 Å². The third-order valence-electron chi connectivity index (χ3n) is 3.15. The molecule has 0 aliphatic rings. The number of halogens is 3. The van der Waals surface area contributed by atoms with Crippen molar-refractivity contribution in [3.63, 3.8) is 0 Å². The maximum absolute atomic E-state index is 12.7. The molecule has 0 N–H and O–H groups in total. The van der Waals surface area contributed by atoms with Gasteiger partial charge in [0.15, 0.2) is 0 Å². The Labute approximate surface area is 133 Å². The summed E-state index contributed by atoms with van der Waals surface area (Å²) < 4.78 is 0. The lowest BCUT2D eigenvalue weighted by molar-refractivity contribution is 0.0683. The van der Waals surface area contributed by atoms with Crippen LogP contribution in [0.25, 0.3) is 0 Å². The fraction of sp³-hybridized carbons (Fsp3) is 0.500. The van der Waals surface area contributed by atoms with Crippen LogP contribution in [0.15, 0.2) is 18.2 Å². The zero-order valence-corrected chi connectivity index (χ0v) is 14.2. The summed E-state index contributed by atoms with van der Waals surface area (Å²) in [5, 5.41) is 1.54. The molecule has 0 heterocycles. The Morgan fingerprint density at radius 3 is 2.21 bits per heavy atom. The molecule has 106 valence electrons. The average molecular weight is 367 g/mol. The predicted molar refractivity (Wildman–Crippen MR) is 85.7 cm³/mol. The molecular weight excluding hydrogens is 349 g/mol. The van der Waals surface area contributed by atoms with Crippen molar-refractivity contribution in [1.82, 2.24) is 4.90 Å². The molecule has 1 rings (SSSR count). The number of carbonyl (C=O) groups excluding carboxylic acids is 1. The lowest BCUT2D eigenvalue weighted by Crippen LogP contribution is -2.41. The van der Waals surface area contributed by atoms with Gasteiger partial charge < -0.3 is 4.90 Å². The third kappa shape index (κ3) is 4.11. The largest absolute Gasteiger partial charge is 0.335 e. The van der Waals surface area contributed by atoms with Gasteiger partial charge in [-0.25, -0.2) is 0 Å². The van der Waals surface area contributed by atoms with E-state index in [1.54, 1.807) is 18.2 Å². The fourth-order valence-corrected chi connectivity index (χ4v) is 3.06. The van der Waals surface area contributed by atoms with Crippen molar-refractivity contribution >= 4 is 45.0 Å². The molecule has 0 spiro atoms. The van der Waals surface area contributed by atoms with Crippen LogP contribution in [-0.2, 0) is 0 Å². The summed E-state index contributed by atoms with van der Waals surface area (Å²) >= 11 is 15.6. The zero-order valence-electron chi connectivity index (χ0n) is 11.1. The van der Waals surface area contributed by atoms with E-state index in [0.29, 0.717) is 22.2 Å². The zero-order chi connectivity index (χ0) is 14.4. The van der Waals surface area contributed by atoms with E-state index in [-0.39, 0.29) is 11.9 Å². The minimum absolute atomic E-state index is 0.0937. The van der Waals surface area contributed by atoms with Crippen LogP contribution in [0.5, 0.6) is 0 Å². The number of amides is 1. The minimum atomic E-state index is -0.0937. The van der Waals surface area contributed by atoms with Gasteiger partial charge in [0, 0.05) is 17.9 Å². The Balaban J connectivity index is 3.12. The number of carbonyl (C=O) groups is 1. The SMILES string of the molecule is CCC(CC)N(CCBr)C(=O)c1c(Cl)cccc1Cl. The molecule has 0 aliphatic heterocycles. The number of alkyl halides is 1. The van der Waals surface area contributed by atoms with E-state index in [0.717, 1.165) is 18.2 Å². The van der Waals surface area contributed by atoms with Crippen molar-refractivity contribution in [3.05, 3.63) is 33.8 Å². The van der Waals surface area contributed by atoms with E-state index < -0.39 is 0 Å². The number of benzene rings is 1. The van der Waals surface area contributed by atoms with Gasteiger partial charge in [0.25, 0.3) is 5.91 Å². The van der Waals surface area contributed by atoms with Gasteiger partial charge in [-0.1, -0.05) is 59.0 Å². The summed E-state index contributed by atoms with van der Waals surface area (Å²) in [7, 11) is 0. The van der Waals surface area contributed by atoms with Gasteiger partial charge in [-0.05, 0) is 25.0 Å². The summed E-state index contributed by atoms with van der Waals surface area (Å²) in [5.74, 6) is -0.0937. The van der Waals surface area contributed by atoms with Crippen LogP contribution in [0.3, 0.4) is 0 Å². The highest BCUT2D eigenvalue weighted by Gasteiger charge is 2.25. The van der Waals surface area contributed by atoms with Crippen LogP contribution in [0.4, 0.5) is 0 Å². The van der Waals surface area contributed by atoms with Crippen molar-refractivity contribution in [2.24, 2.45) is 0 Å². The van der Waals surface area contributed by atoms with Gasteiger partial charge in [0.1, 0.15) is 0 Å². The second-order valence-corrected chi connectivity index (χ2v) is 5.86. The topological polar surface area (TPSA) is 20.3 Å². The molecule has 0 aliphatic carbocycles. The fourth-order valence-electron chi connectivity index (χ4n) is 2.12. The molecule has 0 saturated heterocycles. The van der Waals surface area contributed by atoms with Crippen LogP contribution in [0.1, 0.15) is 37.0 Å². The Bertz CT molecular complexity index is 415. The number of nitrogens with zero attached hydrogens (tertiary/aromatic N) is 1. The summed E-state index contributed by atoms with van der Waals surface area (Å²) in [6, 6.07) is 5.34. The van der Waals surface area contributed by atoms with E-state index >= 15 is 0 Å². The van der Waals surface area contributed by atoms with Gasteiger partial charge >= 0.3 is 0 Å². The highest BCUT2D eigenvalue weighted by atomic mass is 79.9. The van der Waals surface area contributed by atoms with Crippen molar-refractivity contribution in [2.45, 2.75) is 32.7 Å². The van der Waals surface area contributed by atoms with Gasteiger partial charge in [0.2, 0.25) is 0 Å². The van der Waals surface area contributed by atoms with Gasteiger partial charge in [-0.3, -0.25) is 4.79 Å². The van der Waals surface area contributed by atoms with Crippen molar-refractivity contribution in [2.75, 3.05) is 11.9 Å². The van der Waals surface area contributed by atoms with Crippen LogP contribution < -0.4 is 0 Å². The van der Waals surface area contributed by atoms with Crippen LogP contribution in [-0.4, -0.2) is 28.7 Å². The first-order chi connectivity index (χ1) is 9.06. The van der Waals surface area contributed by atoms with E-state index in [1.165, 1.54) is 0 Å². The molecule has 0 atom stereocenters. The van der Waals surface area contributed by atoms with E-state index in [2.05, 4.69) is 29.8 Å². The monoisotopic (exact) mass is 365 g/mol. The lowest BCUT2D eigenvalue weighted by atomic mass is 10.1. The van der Waals surface area contributed by atoms with E-state index in [9.17, 15) is 4.79 Å². The molecule has 19 heavy (non-hydrogen) atoms. The number of hydrogen-bond donors (Lipinski definition) is 0. The van der Waals surface area contributed by atoms with Crippen molar-refractivity contribution in [3.8, 4) is 0 Å². The quantitative estimate of drug-likeness (QED) is 0.647. The minimum Gasteiger partial charge on any atom is -0.335 e. The highest BCUT2D eigenvalue weighted by molar-refractivity contribution is 9.09. The maximum Gasteiger partial charge on any atom is 0.257 e.